The topological polar surface area (TPSA) is 66.4 Å². The Bertz CT molecular complexity index is 718. The fourth-order valence-corrected chi connectivity index (χ4v) is 5.42. The molecule has 0 saturated carbocycles. The van der Waals surface area contributed by atoms with Crippen molar-refractivity contribution in [3.05, 3.63) is 29.8 Å². The van der Waals surface area contributed by atoms with Gasteiger partial charge in [-0.15, -0.1) is 0 Å². The molecule has 1 aromatic carbocycles. The molecule has 0 aromatic heterocycles. The Morgan fingerprint density at radius 2 is 0.872 bits per heavy atom. The van der Waals surface area contributed by atoms with Crippen molar-refractivity contribution in [1.29, 1.82) is 0 Å². The van der Waals surface area contributed by atoms with E-state index in [0.717, 1.165) is 12.8 Å². The molecule has 1 aromatic rings. The molecule has 0 aliphatic rings. The zero-order valence-corrected chi connectivity index (χ0v) is 25.5. The summed E-state index contributed by atoms with van der Waals surface area (Å²) < 4.78 is 0. The molecule has 0 saturated heterocycles. The van der Waals surface area contributed by atoms with E-state index in [1.54, 1.807) is 18.2 Å². The third-order valence-corrected chi connectivity index (χ3v) is 7.94. The Kier molecular flexibility index (Phi) is 23.8. The van der Waals surface area contributed by atoms with Gasteiger partial charge < -0.3 is 10.4 Å². The van der Waals surface area contributed by atoms with Gasteiger partial charge in [0.25, 0.3) is 0 Å². The van der Waals surface area contributed by atoms with Gasteiger partial charge in [-0.1, -0.05) is 173 Å². The van der Waals surface area contributed by atoms with Crippen molar-refractivity contribution in [3.8, 4) is 0 Å². The number of unbranched alkanes of at least 4 members (excludes halogenated alkanes) is 24. The van der Waals surface area contributed by atoms with Crippen molar-refractivity contribution in [2.45, 2.75) is 174 Å². The second-order valence-corrected chi connectivity index (χ2v) is 11.6. The average molecular weight is 544 g/mol. The first-order valence-electron chi connectivity index (χ1n) is 16.8. The van der Waals surface area contributed by atoms with E-state index in [2.05, 4.69) is 12.2 Å². The summed E-state index contributed by atoms with van der Waals surface area (Å²) >= 11 is 0. The highest BCUT2D eigenvalue weighted by Gasteiger charge is 2.11. The molecule has 4 nitrogen and oxygen atoms in total. The molecule has 0 spiro atoms. The van der Waals surface area contributed by atoms with E-state index in [-0.39, 0.29) is 11.5 Å². The molecule has 0 aliphatic heterocycles. The normalized spacial score (nSPS) is 11.1. The standard InChI is InChI=1S/C35H61NO3/c1-2-3-4-5-6-7-8-9-10-11-12-13-14-15-16-17-18-19-20-21-22-23-24-25-26-31-34(37)36-33-30-28-27-29-32(33)35(38)39/h27-30H,2-26,31H2,1H3,(H,36,37)(H,38,39). The van der Waals surface area contributed by atoms with Gasteiger partial charge in [0.05, 0.1) is 11.3 Å². The summed E-state index contributed by atoms with van der Waals surface area (Å²) in [4.78, 5) is 23.3. The van der Waals surface area contributed by atoms with E-state index in [1.807, 2.05) is 0 Å². The zero-order valence-electron chi connectivity index (χ0n) is 25.5. The van der Waals surface area contributed by atoms with E-state index >= 15 is 0 Å². The number of carboxylic acids is 1. The highest BCUT2D eigenvalue weighted by Crippen LogP contribution is 2.17. The lowest BCUT2D eigenvalue weighted by Gasteiger charge is -2.08. The van der Waals surface area contributed by atoms with Crippen LogP contribution in [0.5, 0.6) is 0 Å². The van der Waals surface area contributed by atoms with Gasteiger partial charge in [0.1, 0.15) is 0 Å². The van der Waals surface area contributed by atoms with Crippen molar-refractivity contribution in [1.82, 2.24) is 0 Å². The van der Waals surface area contributed by atoms with E-state index in [1.165, 1.54) is 154 Å². The minimum atomic E-state index is -1.02. The first-order chi connectivity index (χ1) is 19.1. The fourth-order valence-electron chi connectivity index (χ4n) is 5.42. The van der Waals surface area contributed by atoms with Crippen LogP contribution >= 0.6 is 0 Å². The number of carbonyl (C=O) groups is 2. The van der Waals surface area contributed by atoms with Crippen molar-refractivity contribution in [2.75, 3.05) is 5.32 Å². The summed E-state index contributed by atoms with van der Waals surface area (Å²) in [6.45, 7) is 2.29. The van der Waals surface area contributed by atoms with E-state index in [9.17, 15) is 14.7 Å². The van der Waals surface area contributed by atoms with Crippen LogP contribution in [0.25, 0.3) is 0 Å². The largest absolute Gasteiger partial charge is 0.478 e. The maximum Gasteiger partial charge on any atom is 0.337 e. The monoisotopic (exact) mass is 543 g/mol. The van der Waals surface area contributed by atoms with Gasteiger partial charge in [-0.3, -0.25) is 4.79 Å². The molecule has 0 aliphatic carbocycles. The third kappa shape index (κ3) is 21.6. The van der Waals surface area contributed by atoms with Crippen molar-refractivity contribution >= 4 is 17.6 Å². The van der Waals surface area contributed by atoms with Crippen molar-refractivity contribution < 1.29 is 14.7 Å². The molecule has 224 valence electrons. The van der Waals surface area contributed by atoms with Crippen LogP contribution in [-0.2, 0) is 4.79 Å². The SMILES string of the molecule is CCCCCCCCCCCCCCCCCCCCCCCCCCCC(=O)Nc1ccccc1C(=O)O. The number of benzene rings is 1. The first-order valence-corrected chi connectivity index (χ1v) is 16.8. The Hall–Kier alpha value is -1.84. The number of hydrogen-bond donors (Lipinski definition) is 2. The van der Waals surface area contributed by atoms with Crippen LogP contribution in [0.1, 0.15) is 184 Å². The quantitative estimate of drug-likeness (QED) is 0.103. The summed E-state index contributed by atoms with van der Waals surface area (Å²) in [5, 5.41) is 11.9. The summed E-state index contributed by atoms with van der Waals surface area (Å²) in [5.74, 6) is -1.12. The van der Waals surface area contributed by atoms with Crippen LogP contribution in [0.2, 0.25) is 0 Å². The Balaban J connectivity index is 1.76. The van der Waals surface area contributed by atoms with Crippen LogP contribution in [0.4, 0.5) is 5.69 Å². The number of aromatic carboxylic acids is 1. The minimum absolute atomic E-state index is 0.0993. The highest BCUT2D eigenvalue weighted by molar-refractivity contribution is 6.00. The molecule has 0 bridgehead atoms. The number of anilines is 1. The Morgan fingerprint density at radius 1 is 0.538 bits per heavy atom. The number of nitrogens with one attached hydrogen (secondary N) is 1. The number of carboxylic acid groups (broad SMARTS) is 1. The molecular weight excluding hydrogens is 482 g/mol. The van der Waals surface area contributed by atoms with Crippen molar-refractivity contribution in [3.63, 3.8) is 0 Å². The fraction of sp³-hybridized carbons (Fsp3) is 0.771. The molecule has 4 heteroatoms. The number of amides is 1. The molecule has 0 fully saturated rings. The first kappa shape index (κ1) is 35.2. The summed E-state index contributed by atoms with van der Waals surface area (Å²) in [7, 11) is 0. The number of para-hydroxylation sites is 1. The molecule has 1 amide bonds. The van der Waals surface area contributed by atoms with Gasteiger partial charge in [0, 0.05) is 6.42 Å². The van der Waals surface area contributed by atoms with Gasteiger partial charge >= 0.3 is 5.97 Å². The molecule has 0 heterocycles. The van der Waals surface area contributed by atoms with Crippen molar-refractivity contribution in [2.24, 2.45) is 0 Å². The average Bonchev–Trinajstić information content (AvgIpc) is 2.93. The predicted molar refractivity (Wildman–Crippen MR) is 168 cm³/mol. The van der Waals surface area contributed by atoms with E-state index in [0.29, 0.717) is 12.1 Å². The van der Waals surface area contributed by atoms with Gasteiger partial charge in [0.2, 0.25) is 5.91 Å². The summed E-state index contributed by atoms with van der Waals surface area (Å²) in [6, 6.07) is 6.56. The Labute approximate surface area is 241 Å². The number of rotatable bonds is 28. The maximum absolute atomic E-state index is 12.1. The number of carbonyl (C=O) groups excluding carboxylic acids is 1. The highest BCUT2D eigenvalue weighted by atomic mass is 16.4. The second-order valence-electron chi connectivity index (χ2n) is 11.6. The van der Waals surface area contributed by atoms with Crippen LogP contribution in [0.15, 0.2) is 24.3 Å². The van der Waals surface area contributed by atoms with Crippen LogP contribution < -0.4 is 5.32 Å². The van der Waals surface area contributed by atoms with Gasteiger partial charge in [-0.05, 0) is 18.6 Å². The summed E-state index contributed by atoms with van der Waals surface area (Å²) in [5.41, 5.74) is 0.523. The molecule has 2 N–H and O–H groups in total. The Morgan fingerprint density at radius 3 is 1.23 bits per heavy atom. The molecule has 39 heavy (non-hydrogen) atoms. The predicted octanol–water partition coefficient (Wildman–Crippen LogP) is 11.5. The van der Waals surface area contributed by atoms with Gasteiger partial charge in [-0.25, -0.2) is 4.79 Å². The van der Waals surface area contributed by atoms with E-state index < -0.39 is 5.97 Å². The molecule has 0 unspecified atom stereocenters. The number of hydrogen-bond acceptors (Lipinski definition) is 2. The molecular formula is C35H61NO3. The molecule has 1 rings (SSSR count). The lowest BCUT2D eigenvalue weighted by atomic mass is 10.0. The van der Waals surface area contributed by atoms with Gasteiger partial charge in [-0.2, -0.15) is 0 Å². The zero-order chi connectivity index (χ0) is 28.2. The molecule has 0 atom stereocenters. The lowest BCUT2D eigenvalue weighted by molar-refractivity contribution is -0.116. The molecule has 0 radical (unpaired) electrons. The van der Waals surface area contributed by atoms with Gasteiger partial charge in [0.15, 0.2) is 0 Å². The second kappa shape index (κ2) is 26.4. The van der Waals surface area contributed by atoms with Crippen LogP contribution in [0, 0.1) is 0 Å². The minimum Gasteiger partial charge on any atom is -0.478 e. The van der Waals surface area contributed by atoms with Crippen LogP contribution in [0.3, 0.4) is 0 Å². The summed E-state index contributed by atoms with van der Waals surface area (Å²) in [6.07, 6.45) is 34.6. The lowest BCUT2D eigenvalue weighted by Crippen LogP contribution is -2.14. The smallest absolute Gasteiger partial charge is 0.337 e. The van der Waals surface area contributed by atoms with Crippen LogP contribution in [-0.4, -0.2) is 17.0 Å². The van der Waals surface area contributed by atoms with E-state index in [4.69, 9.17) is 0 Å². The third-order valence-electron chi connectivity index (χ3n) is 7.94. The maximum atomic E-state index is 12.1.